The van der Waals surface area contributed by atoms with Crippen LogP contribution in [-0.4, -0.2) is 12.2 Å². The highest BCUT2D eigenvalue weighted by atomic mass is 16.5. The second-order valence-electron chi connectivity index (χ2n) is 4.06. The van der Waals surface area contributed by atoms with Crippen LogP contribution < -0.4 is 10.2 Å². The third-order valence-corrected chi connectivity index (χ3v) is 2.89. The lowest BCUT2D eigenvalue weighted by Crippen LogP contribution is -2.04. The van der Waals surface area contributed by atoms with E-state index < -0.39 is 0 Å². The molecule has 1 aromatic carbocycles. The highest BCUT2D eigenvalue weighted by Gasteiger charge is 2.18. The van der Waals surface area contributed by atoms with Gasteiger partial charge in [0.1, 0.15) is 28.2 Å². The molecule has 0 aliphatic heterocycles. The van der Waals surface area contributed by atoms with Crippen molar-refractivity contribution in [3.05, 3.63) is 33.2 Å². The minimum Gasteiger partial charge on any atom is -0.507 e. The maximum atomic E-state index is 11.9. The van der Waals surface area contributed by atoms with Gasteiger partial charge in [-0.05, 0) is 20.8 Å². The fourth-order valence-electron chi connectivity index (χ4n) is 2.08. The second-order valence-corrected chi connectivity index (χ2v) is 4.06. The quantitative estimate of drug-likeness (QED) is 0.823. The molecular formula is C13H14O4. The zero-order valence-corrected chi connectivity index (χ0v) is 10.2. The Bertz CT molecular complexity index is 653. The molecule has 0 amide bonds. The number of hydrogen-bond donors (Lipinski definition) is 1. The van der Waals surface area contributed by atoms with E-state index in [0.29, 0.717) is 22.7 Å². The number of ether oxygens (including phenoxy) is 1. The highest BCUT2D eigenvalue weighted by molar-refractivity contribution is 5.89. The molecule has 0 aliphatic carbocycles. The standard InChI is InChI=1S/C13H14O4/c1-6-5-9(14)10-11(15)7(2)12(16-4)8(3)13(10)17-6/h5,15H,1-4H3. The molecule has 4 heteroatoms. The van der Waals surface area contributed by atoms with Crippen LogP contribution in [0.1, 0.15) is 16.9 Å². The van der Waals surface area contributed by atoms with Gasteiger partial charge < -0.3 is 14.3 Å². The normalized spacial score (nSPS) is 10.8. The lowest BCUT2D eigenvalue weighted by atomic mass is 10.0. The van der Waals surface area contributed by atoms with E-state index in [9.17, 15) is 9.90 Å². The van der Waals surface area contributed by atoms with Crippen molar-refractivity contribution in [2.75, 3.05) is 7.11 Å². The highest BCUT2D eigenvalue weighted by Crippen LogP contribution is 2.37. The molecule has 1 heterocycles. The van der Waals surface area contributed by atoms with Crippen molar-refractivity contribution in [3.63, 3.8) is 0 Å². The summed E-state index contributed by atoms with van der Waals surface area (Å²) in [6, 6.07) is 1.37. The van der Waals surface area contributed by atoms with Crippen molar-refractivity contribution in [2.24, 2.45) is 0 Å². The number of phenolic OH excluding ortho intramolecular Hbond substituents is 1. The van der Waals surface area contributed by atoms with Crippen molar-refractivity contribution < 1.29 is 14.3 Å². The van der Waals surface area contributed by atoms with E-state index in [0.717, 1.165) is 5.56 Å². The summed E-state index contributed by atoms with van der Waals surface area (Å²) in [5.41, 5.74) is 1.41. The first-order valence-electron chi connectivity index (χ1n) is 5.28. The van der Waals surface area contributed by atoms with Crippen LogP contribution in [0.15, 0.2) is 15.3 Å². The van der Waals surface area contributed by atoms with Crippen molar-refractivity contribution in [2.45, 2.75) is 20.8 Å². The van der Waals surface area contributed by atoms with E-state index in [4.69, 9.17) is 9.15 Å². The summed E-state index contributed by atoms with van der Waals surface area (Å²) < 4.78 is 10.7. The fraction of sp³-hybridized carbons (Fsp3) is 0.308. The molecule has 0 fully saturated rings. The average Bonchev–Trinajstić information content (AvgIpc) is 2.26. The van der Waals surface area contributed by atoms with E-state index in [1.165, 1.54) is 13.2 Å². The van der Waals surface area contributed by atoms with Crippen LogP contribution in [-0.2, 0) is 0 Å². The first-order valence-corrected chi connectivity index (χ1v) is 5.28. The van der Waals surface area contributed by atoms with E-state index in [1.807, 2.05) is 0 Å². The molecular weight excluding hydrogens is 220 g/mol. The van der Waals surface area contributed by atoms with Crippen LogP contribution in [0.4, 0.5) is 0 Å². The lowest BCUT2D eigenvalue weighted by molar-refractivity contribution is 0.399. The van der Waals surface area contributed by atoms with Gasteiger partial charge in [0.05, 0.1) is 7.11 Å². The number of benzene rings is 1. The molecule has 0 unspecified atom stereocenters. The molecule has 1 aromatic heterocycles. The van der Waals surface area contributed by atoms with Crippen LogP contribution in [0, 0.1) is 20.8 Å². The van der Waals surface area contributed by atoms with E-state index in [1.54, 1.807) is 20.8 Å². The van der Waals surface area contributed by atoms with E-state index in [2.05, 4.69) is 0 Å². The molecule has 2 aromatic rings. The Balaban J connectivity index is 3.09. The molecule has 4 nitrogen and oxygen atoms in total. The van der Waals surface area contributed by atoms with Crippen molar-refractivity contribution >= 4 is 11.0 Å². The SMILES string of the molecule is COc1c(C)c(O)c2c(=O)cc(C)oc2c1C. The molecule has 0 saturated heterocycles. The van der Waals surface area contributed by atoms with Crippen molar-refractivity contribution in [3.8, 4) is 11.5 Å². The van der Waals surface area contributed by atoms with Gasteiger partial charge in [-0.15, -0.1) is 0 Å². The van der Waals surface area contributed by atoms with Gasteiger partial charge >= 0.3 is 0 Å². The van der Waals surface area contributed by atoms with Gasteiger partial charge in [0.25, 0.3) is 0 Å². The third-order valence-electron chi connectivity index (χ3n) is 2.89. The van der Waals surface area contributed by atoms with Crippen LogP contribution in [0.3, 0.4) is 0 Å². The van der Waals surface area contributed by atoms with Crippen molar-refractivity contribution in [1.29, 1.82) is 0 Å². The summed E-state index contributed by atoms with van der Waals surface area (Å²) >= 11 is 0. The predicted octanol–water partition coefficient (Wildman–Crippen LogP) is 2.43. The maximum absolute atomic E-state index is 11.9. The summed E-state index contributed by atoms with van der Waals surface area (Å²) in [7, 11) is 1.52. The Labute approximate surface area is 98.4 Å². The summed E-state index contributed by atoms with van der Waals surface area (Å²) in [5.74, 6) is 0.982. The van der Waals surface area contributed by atoms with Gasteiger partial charge in [0, 0.05) is 17.2 Å². The monoisotopic (exact) mass is 234 g/mol. The predicted molar refractivity (Wildman–Crippen MR) is 64.9 cm³/mol. The minimum absolute atomic E-state index is 0.0730. The van der Waals surface area contributed by atoms with Crippen LogP contribution >= 0.6 is 0 Å². The lowest BCUT2D eigenvalue weighted by Gasteiger charge is -2.13. The Kier molecular flexibility index (Phi) is 2.58. The molecule has 0 spiro atoms. The van der Waals surface area contributed by atoms with Gasteiger partial charge in [-0.3, -0.25) is 4.79 Å². The van der Waals surface area contributed by atoms with Crippen LogP contribution in [0.25, 0.3) is 11.0 Å². The van der Waals surface area contributed by atoms with Crippen molar-refractivity contribution in [1.82, 2.24) is 0 Å². The molecule has 0 bridgehead atoms. The zero-order valence-electron chi connectivity index (χ0n) is 10.2. The van der Waals surface area contributed by atoms with Gasteiger partial charge in [0.15, 0.2) is 5.43 Å². The molecule has 0 aliphatic rings. The van der Waals surface area contributed by atoms with Crippen LogP contribution in [0.5, 0.6) is 11.5 Å². The first-order chi connectivity index (χ1) is 7.97. The van der Waals surface area contributed by atoms with E-state index >= 15 is 0 Å². The average molecular weight is 234 g/mol. The minimum atomic E-state index is -0.241. The molecule has 17 heavy (non-hydrogen) atoms. The second kappa shape index (κ2) is 3.80. The molecule has 0 radical (unpaired) electrons. The molecule has 90 valence electrons. The summed E-state index contributed by atoms with van der Waals surface area (Å²) in [6.07, 6.45) is 0. The Morgan fingerprint density at radius 1 is 1.24 bits per heavy atom. The number of aryl methyl sites for hydroxylation is 2. The first kappa shape index (κ1) is 11.5. The maximum Gasteiger partial charge on any atom is 0.196 e. The summed E-state index contributed by atoms with van der Waals surface area (Å²) in [4.78, 5) is 11.9. The van der Waals surface area contributed by atoms with Gasteiger partial charge in [0.2, 0.25) is 0 Å². The van der Waals surface area contributed by atoms with Gasteiger partial charge in [-0.2, -0.15) is 0 Å². The number of phenols is 1. The zero-order chi connectivity index (χ0) is 12.7. The Hall–Kier alpha value is -1.97. The fourth-order valence-corrected chi connectivity index (χ4v) is 2.08. The third kappa shape index (κ3) is 1.56. The van der Waals surface area contributed by atoms with Gasteiger partial charge in [-0.1, -0.05) is 0 Å². The number of rotatable bonds is 1. The number of methoxy groups -OCH3 is 1. The molecule has 2 rings (SSSR count). The summed E-state index contributed by atoms with van der Waals surface area (Å²) in [5, 5.41) is 10.2. The molecule has 1 N–H and O–H groups in total. The van der Waals surface area contributed by atoms with Crippen LogP contribution in [0.2, 0.25) is 0 Å². The smallest absolute Gasteiger partial charge is 0.196 e. The number of hydrogen-bond acceptors (Lipinski definition) is 4. The number of aromatic hydroxyl groups is 1. The Morgan fingerprint density at radius 3 is 2.47 bits per heavy atom. The molecule has 0 atom stereocenters. The largest absolute Gasteiger partial charge is 0.507 e. The van der Waals surface area contributed by atoms with E-state index in [-0.39, 0.29) is 16.6 Å². The molecule has 0 saturated carbocycles. The summed E-state index contributed by atoms with van der Waals surface area (Å²) in [6.45, 7) is 5.21. The Morgan fingerprint density at radius 2 is 1.88 bits per heavy atom. The van der Waals surface area contributed by atoms with Gasteiger partial charge in [-0.25, -0.2) is 0 Å². The topological polar surface area (TPSA) is 59.7 Å². The number of fused-ring (bicyclic) bond motifs is 1.